The molecule has 1 saturated carbocycles. The van der Waals surface area contributed by atoms with E-state index in [1.165, 1.54) is 16.8 Å². The number of ether oxygens (including phenoxy) is 2. The number of aryl methyl sites for hydroxylation is 2. The lowest BCUT2D eigenvalue weighted by atomic mass is 9.59. The van der Waals surface area contributed by atoms with Crippen LogP contribution in [0.2, 0.25) is 0 Å². The van der Waals surface area contributed by atoms with Crippen LogP contribution < -0.4 is 14.4 Å². The number of anilines is 2. The fourth-order valence-corrected chi connectivity index (χ4v) is 8.52. The minimum absolute atomic E-state index is 0.175. The van der Waals surface area contributed by atoms with Crippen molar-refractivity contribution >= 4 is 29.7 Å². The number of carbonyl (C=O) groups excluding carboxylic acids is 1. The number of benzene rings is 2. The maximum absolute atomic E-state index is 12.8. The summed E-state index contributed by atoms with van der Waals surface area (Å²) in [6.07, 6.45) is 5.87. The molecular formula is C39H53N5O3S. The Hall–Kier alpha value is -3.46. The van der Waals surface area contributed by atoms with E-state index in [1.54, 1.807) is 11.9 Å². The first kappa shape index (κ1) is 34.4. The molecule has 0 radical (unpaired) electrons. The predicted molar refractivity (Wildman–Crippen MR) is 196 cm³/mol. The number of carbonyl (C=O) groups is 1. The number of amides is 1. The Bertz CT molecular complexity index is 1600. The Morgan fingerprint density at radius 2 is 1.77 bits per heavy atom. The van der Waals surface area contributed by atoms with Gasteiger partial charge in [-0.05, 0) is 126 Å². The van der Waals surface area contributed by atoms with Gasteiger partial charge in [0.1, 0.15) is 12.2 Å². The fourth-order valence-electron chi connectivity index (χ4n) is 7.89. The molecule has 3 heterocycles. The summed E-state index contributed by atoms with van der Waals surface area (Å²) in [5, 5.41) is 0. The second-order valence-corrected chi connectivity index (χ2v) is 16.4. The lowest BCUT2D eigenvalue weighted by Crippen LogP contribution is -2.59. The molecule has 2 fully saturated rings. The first-order chi connectivity index (χ1) is 22.8. The van der Waals surface area contributed by atoms with Crippen molar-refractivity contribution in [2.24, 2.45) is 11.3 Å². The smallest absolute Gasteiger partial charge is 0.410 e. The van der Waals surface area contributed by atoms with Crippen molar-refractivity contribution in [2.45, 2.75) is 116 Å². The summed E-state index contributed by atoms with van der Waals surface area (Å²) < 4.78 is 16.0. The van der Waals surface area contributed by atoms with E-state index >= 15 is 0 Å². The highest BCUT2D eigenvalue weighted by Crippen LogP contribution is 2.52. The molecule has 2 aromatic carbocycles. The predicted octanol–water partition coefficient (Wildman–Crippen LogP) is 9.24. The summed E-state index contributed by atoms with van der Waals surface area (Å²) in [4.78, 5) is 28.5. The van der Waals surface area contributed by atoms with Crippen LogP contribution in [-0.4, -0.2) is 58.3 Å². The highest BCUT2D eigenvalue weighted by molar-refractivity contribution is 8.00. The minimum atomic E-state index is -0.475. The number of nitrogens with one attached hydrogen (secondary N) is 1. The van der Waals surface area contributed by atoms with Crippen LogP contribution >= 0.6 is 11.9 Å². The number of likely N-dealkylation sites (tertiary alicyclic amines) is 1. The molecule has 1 amide bonds. The van der Waals surface area contributed by atoms with E-state index in [9.17, 15) is 4.79 Å². The second-order valence-electron chi connectivity index (χ2n) is 15.5. The van der Waals surface area contributed by atoms with Crippen LogP contribution in [0, 0.1) is 25.2 Å². The molecule has 1 unspecified atom stereocenters. The molecule has 3 aliphatic rings. The summed E-state index contributed by atoms with van der Waals surface area (Å²) in [7, 11) is 0. The molecule has 2 aliphatic heterocycles. The zero-order chi connectivity index (χ0) is 34.2. The molecule has 258 valence electrons. The molecule has 1 N–H and O–H groups in total. The molecule has 3 aromatic rings. The van der Waals surface area contributed by atoms with Crippen molar-refractivity contribution in [1.82, 2.24) is 14.9 Å². The normalized spacial score (nSPS) is 19.6. The molecule has 6 rings (SSSR count). The van der Waals surface area contributed by atoms with E-state index in [4.69, 9.17) is 19.4 Å². The van der Waals surface area contributed by atoms with E-state index < -0.39 is 5.60 Å². The van der Waals surface area contributed by atoms with Gasteiger partial charge in [0.25, 0.3) is 0 Å². The van der Waals surface area contributed by atoms with Gasteiger partial charge in [-0.1, -0.05) is 45.0 Å². The standard InChI is InChI=1S/C39H53N5O3S/c1-9-32-34(33-26(4)12-10-13-27(33)5)40-36-41-35(32)46-24-29(20-25(2)3)44(28-14-11-15-31(21-28)48-42-36)30-22-39(23-30)16-18-43(19-17-39)37(45)47-38(6,7)8/h10-15,21,25,29-30H,9,16-20,22-24H2,1-8H3,(H,40,41,42). The third-order valence-electron chi connectivity index (χ3n) is 10.2. The number of piperidine rings is 1. The van der Waals surface area contributed by atoms with Gasteiger partial charge in [0.05, 0.1) is 11.7 Å². The van der Waals surface area contributed by atoms with Gasteiger partial charge in [0, 0.05) is 40.8 Å². The van der Waals surface area contributed by atoms with Gasteiger partial charge in [-0.2, -0.15) is 4.98 Å². The number of hydrogen-bond donors (Lipinski definition) is 1. The number of hydrogen-bond acceptors (Lipinski definition) is 8. The number of fused-ring (bicyclic) bond motifs is 4. The summed E-state index contributed by atoms with van der Waals surface area (Å²) >= 11 is 1.55. The van der Waals surface area contributed by atoms with Gasteiger partial charge in [-0.3, -0.25) is 4.72 Å². The summed E-state index contributed by atoms with van der Waals surface area (Å²) in [6.45, 7) is 18.9. The average molecular weight is 672 g/mol. The van der Waals surface area contributed by atoms with Gasteiger partial charge >= 0.3 is 6.09 Å². The van der Waals surface area contributed by atoms with Crippen LogP contribution in [0.25, 0.3) is 11.3 Å². The van der Waals surface area contributed by atoms with E-state index in [0.717, 1.165) is 73.3 Å². The topological polar surface area (TPSA) is 79.8 Å². The first-order valence-corrected chi connectivity index (χ1v) is 18.6. The van der Waals surface area contributed by atoms with Crippen LogP contribution in [0.3, 0.4) is 0 Å². The molecule has 1 aromatic heterocycles. The molecule has 48 heavy (non-hydrogen) atoms. The Kier molecular flexibility index (Phi) is 9.90. The van der Waals surface area contributed by atoms with Crippen molar-refractivity contribution in [1.29, 1.82) is 0 Å². The Balaban J connectivity index is 1.30. The van der Waals surface area contributed by atoms with Crippen LogP contribution in [0.15, 0.2) is 47.4 Å². The second kappa shape index (κ2) is 13.8. The van der Waals surface area contributed by atoms with Crippen molar-refractivity contribution in [2.75, 3.05) is 29.3 Å². The maximum Gasteiger partial charge on any atom is 0.410 e. The van der Waals surface area contributed by atoms with Gasteiger partial charge in [-0.15, -0.1) is 0 Å². The Morgan fingerprint density at radius 1 is 1.08 bits per heavy atom. The molecule has 1 saturated heterocycles. The summed E-state index contributed by atoms with van der Waals surface area (Å²) in [5.41, 5.74) is 6.57. The Labute approximate surface area is 291 Å². The van der Waals surface area contributed by atoms with Crippen LogP contribution in [0.4, 0.5) is 16.4 Å². The van der Waals surface area contributed by atoms with Crippen molar-refractivity contribution in [3.63, 3.8) is 0 Å². The fraction of sp³-hybridized carbons (Fsp3) is 0.564. The monoisotopic (exact) mass is 671 g/mol. The van der Waals surface area contributed by atoms with E-state index in [2.05, 4.69) is 86.7 Å². The largest absolute Gasteiger partial charge is 0.475 e. The molecule has 1 spiro atoms. The van der Waals surface area contributed by atoms with Crippen LogP contribution in [0.5, 0.6) is 5.88 Å². The summed E-state index contributed by atoms with van der Waals surface area (Å²) in [6, 6.07) is 15.9. The van der Waals surface area contributed by atoms with Gasteiger partial charge in [-0.25, -0.2) is 9.78 Å². The van der Waals surface area contributed by atoms with E-state index in [1.807, 2.05) is 25.7 Å². The van der Waals surface area contributed by atoms with Crippen LogP contribution in [-0.2, 0) is 11.2 Å². The third-order valence-corrected chi connectivity index (χ3v) is 10.9. The van der Waals surface area contributed by atoms with Crippen molar-refractivity contribution < 1.29 is 14.3 Å². The first-order valence-electron chi connectivity index (χ1n) is 17.7. The Morgan fingerprint density at radius 3 is 2.42 bits per heavy atom. The van der Waals surface area contributed by atoms with Crippen LogP contribution in [0.1, 0.15) is 90.3 Å². The molecule has 8 nitrogen and oxygen atoms in total. The van der Waals surface area contributed by atoms with Gasteiger partial charge in [0.2, 0.25) is 11.8 Å². The van der Waals surface area contributed by atoms with Crippen molar-refractivity contribution in [3.8, 4) is 17.1 Å². The summed E-state index contributed by atoms with van der Waals surface area (Å²) in [5.74, 6) is 1.73. The number of aromatic nitrogens is 2. The van der Waals surface area contributed by atoms with E-state index in [-0.39, 0.29) is 17.6 Å². The number of rotatable bonds is 5. The maximum atomic E-state index is 12.8. The van der Waals surface area contributed by atoms with Gasteiger partial charge < -0.3 is 19.3 Å². The molecule has 9 heteroatoms. The molecule has 1 aliphatic carbocycles. The lowest BCUT2D eigenvalue weighted by molar-refractivity contribution is -0.0137. The molecule has 4 bridgehead atoms. The van der Waals surface area contributed by atoms with E-state index in [0.29, 0.717) is 30.4 Å². The van der Waals surface area contributed by atoms with Gasteiger partial charge in [0.15, 0.2) is 0 Å². The highest BCUT2D eigenvalue weighted by atomic mass is 32.2. The zero-order valence-corrected chi connectivity index (χ0v) is 30.9. The average Bonchev–Trinajstić information content (AvgIpc) is 3.00. The van der Waals surface area contributed by atoms with Crippen molar-refractivity contribution in [3.05, 3.63) is 59.2 Å². The quantitative estimate of drug-likeness (QED) is 0.269. The molecular weight excluding hydrogens is 619 g/mol. The SMILES string of the molecule is CCc1c2nc(nc1-c1c(C)cccc1C)NSc1cccc(c1)N(C1CC3(CCN(C(=O)OC(C)(C)C)CC3)C1)C(CC(C)C)CO2. The lowest BCUT2D eigenvalue weighted by Gasteiger charge is -2.57. The highest BCUT2D eigenvalue weighted by Gasteiger charge is 2.50. The third kappa shape index (κ3) is 7.41. The number of nitrogens with zero attached hydrogens (tertiary/aromatic N) is 4. The zero-order valence-electron chi connectivity index (χ0n) is 30.1. The molecule has 1 atom stereocenters. The minimum Gasteiger partial charge on any atom is -0.475 e.